The third-order valence-corrected chi connectivity index (χ3v) is 3.25. The SMILES string of the molecule is Cc1nc(C)c(C2(F)CC2)s1. The predicted octanol–water partition coefficient (Wildman–Crippen LogP) is 2.72. The van der Waals surface area contributed by atoms with Gasteiger partial charge in [0.15, 0.2) is 0 Å². The van der Waals surface area contributed by atoms with Gasteiger partial charge in [-0.05, 0) is 26.7 Å². The van der Waals surface area contributed by atoms with Crippen molar-refractivity contribution in [2.24, 2.45) is 0 Å². The number of halogens is 1. The maximum absolute atomic E-state index is 13.5. The van der Waals surface area contributed by atoms with Crippen LogP contribution in [-0.2, 0) is 5.67 Å². The first-order chi connectivity index (χ1) is 5.12. The van der Waals surface area contributed by atoms with Gasteiger partial charge in [0.05, 0.1) is 15.6 Å². The normalized spacial score (nSPS) is 20.3. The molecule has 0 radical (unpaired) electrons. The van der Waals surface area contributed by atoms with E-state index in [-0.39, 0.29) is 0 Å². The van der Waals surface area contributed by atoms with Crippen LogP contribution in [0.5, 0.6) is 0 Å². The van der Waals surface area contributed by atoms with E-state index in [1.54, 1.807) is 0 Å². The van der Waals surface area contributed by atoms with E-state index in [1.165, 1.54) is 11.3 Å². The van der Waals surface area contributed by atoms with Crippen molar-refractivity contribution in [3.8, 4) is 0 Å². The van der Waals surface area contributed by atoms with E-state index in [0.717, 1.165) is 15.6 Å². The van der Waals surface area contributed by atoms with Crippen molar-refractivity contribution >= 4 is 11.3 Å². The Bertz CT molecular complexity index is 288. The monoisotopic (exact) mass is 171 g/mol. The molecule has 0 aliphatic heterocycles. The lowest BCUT2D eigenvalue weighted by molar-refractivity contribution is 0.322. The van der Waals surface area contributed by atoms with Crippen molar-refractivity contribution in [3.63, 3.8) is 0 Å². The summed E-state index contributed by atoms with van der Waals surface area (Å²) >= 11 is 1.50. The van der Waals surface area contributed by atoms with Gasteiger partial charge < -0.3 is 0 Å². The van der Waals surface area contributed by atoms with Gasteiger partial charge in [-0.1, -0.05) is 0 Å². The molecule has 2 rings (SSSR count). The molecule has 0 unspecified atom stereocenters. The lowest BCUT2D eigenvalue weighted by atomic mass is 10.2. The topological polar surface area (TPSA) is 12.9 Å². The quantitative estimate of drug-likeness (QED) is 0.633. The van der Waals surface area contributed by atoms with E-state index in [2.05, 4.69) is 4.98 Å². The molecule has 0 N–H and O–H groups in total. The van der Waals surface area contributed by atoms with Gasteiger partial charge >= 0.3 is 0 Å². The Labute approximate surface area is 69.3 Å². The number of alkyl halides is 1. The first kappa shape index (κ1) is 7.22. The van der Waals surface area contributed by atoms with Crippen molar-refractivity contribution in [1.29, 1.82) is 0 Å². The highest BCUT2D eigenvalue weighted by Gasteiger charge is 2.47. The summed E-state index contributed by atoms with van der Waals surface area (Å²) in [5.74, 6) is 0. The molecule has 3 heteroatoms. The standard InChI is InChI=1S/C8H10FNS/c1-5-7(8(9)3-4-8)11-6(2)10-5/h3-4H2,1-2H3. The molecule has 1 fully saturated rings. The zero-order valence-electron chi connectivity index (χ0n) is 6.65. The minimum Gasteiger partial charge on any atom is -0.246 e. The number of thiazole rings is 1. The van der Waals surface area contributed by atoms with Crippen LogP contribution in [0.2, 0.25) is 0 Å². The molecule has 1 saturated carbocycles. The van der Waals surface area contributed by atoms with Gasteiger partial charge in [0.1, 0.15) is 5.67 Å². The van der Waals surface area contributed by atoms with Crippen LogP contribution in [0.4, 0.5) is 4.39 Å². The lowest BCUT2D eigenvalue weighted by Gasteiger charge is -1.99. The summed E-state index contributed by atoms with van der Waals surface area (Å²) in [5.41, 5.74) is -0.108. The Hall–Kier alpha value is -0.440. The number of rotatable bonds is 1. The summed E-state index contributed by atoms with van der Waals surface area (Å²) < 4.78 is 13.5. The highest BCUT2D eigenvalue weighted by Crippen LogP contribution is 2.52. The molecule has 0 atom stereocenters. The molecule has 1 nitrogen and oxygen atoms in total. The van der Waals surface area contributed by atoms with Gasteiger partial charge in [-0.25, -0.2) is 9.37 Å². The predicted molar refractivity (Wildman–Crippen MR) is 43.6 cm³/mol. The maximum Gasteiger partial charge on any atom is 0.147 e. The van der Waals surface area contributed by atoms with Crippen LogP contribution in [0.15, 0.2) is 0 Å². The Balaban J connectivity index is 2.44. The van der Waals surface area contributed by atoms with Gasteiger partial charge in [-0.15, -0.1) is 11.3 Å². The average Bonchev–Trinajstić information content (AvgIpc) is 2.55. The van der Waals surface area contributed by atoms with E-state index in [4.69, 9.17) is 0 Å². The summed E-state index contributed by atoms with van der Waals surface area (Å²) in [5, 5.41) is 0.974. The number of hydrogen-bond acceptors (Lipinski definition) is 2. The Kier molecular flexibility index (Phi) is 1.34. The second kappa shape index (κ2) is 2.03. The first-order valence-corrected chi connectivity index (χ1v) is 4.57. The molecular weight excluding hydrogens is 161 g/mol. The first-order valence-electron chi connectivity index (χ1n) is 3.75. The fourth-order valence-electron chi connectivity index (χ4n) is 1.28. The minimum atomic E-state index is -0.990. The van der Waals surface area contributed by atoms with E-state index in [0.29, 0.717) is 12.8 Å². The van der Waals surface area contributed by atoms with Crippen LogP contribution in [0.1, 0.15) is 28.4 Å². The highest BCUT2D eigenvalue weighted by atomic mass is 32.1. The van der Waals surface area contributed by atoms with Gasteiger partial charge in [-0.2, -0.15) is 0 Å². The van der Waals surface area contributed by atoms with Gasteiger partial charge in [0, 0.05) is 0 Å². The van der Waals surface area contributed by atoms with Crippen LogP contribution in [0.3, 0.4) is 0 Å². The van der Waals surface area contributed by atoms with Gasteiger partial charge in [-0.3, -0.25) is 0 Å². The molecule has 0 amide bonds. The Morgan fingerprint density at radius 2 is 2.09 bits per heavy atom. The largest absolute Gasteiger partial charge is 0.246 e. The molecule has 0 saturated heterocycles. The van der Waals surface area contributed by atoms with Crippen molar-refractivity contribution in [3.05, 3.63) is 15.6 Å². The van der Waals surface area contributed by atoms with Crippen LogP contribution < -0.4 is 0 Å². The van der Waals surface area contributed by atoms with E-state index in [1.807, 2.05) is 13.8 Å². The molecule has 0 aromatic carbocycles. The van der Waals surface area contributed by atoms with E-state index >= 15 is 0 Å². The number of aromatic nitrogens is 1. The van der Waals surface area contributed by atoms with Crippen molar-refractivity contribution < 1.29 is 4.39 Å². The molecule has 1 aromatic rings. The molecule has 1 heterocycles. The van der Waals surface area contributed by atoms with Crippen LogP contribution in [-0.4, -0.2) is 4.98 Å². The van der Waals surface area contributed by atoms with Crippen molar-refractivity contribution in [2.75, 3.05) is 0 Å². The summed E-state index contributed by atoms with van der Waals surface area (Å²) in [6.45, 7) is 3.81. The van der Waals surface area contributed by atoms with Crippen LogP contribution in [0, 0.1) is 13.8 Å². The fraction of sp³-hybridized carbons (Fsp3) is 0.625. The second-order valence-electron chi connectivity index (χ2n) is 3.11. The Morgan fingerprint density at radius 1 is 1.45 bits per heavy atom. The minimum absolute atomic E-state index is 0.690. The molecule has 1 aromatic heterocycles. The molecule has 0 bridgehead atoms. The summed E-state index contributed by atoms with van der Waals surface area (Å²) in [7, 11) is 0. The zero-order valence-corrected chi connectivity index (χ0v) is 7.46. The molecule has 1 aliphatic rings. The summed E-state index contributed by atoms with van der Waals surface area (Å²) in [6.07, 6.45) is 1.38. The second-order valence-corrected chi connectivity index (χ2v) is 4.32. The summed E-state index contributed by atoms with van der Waals surface area (Å²) in [6, 6.07) is 0. The van der Waals surface area contributed by atoms with E-state index < -0.39 is 5.67 Å². The highest BCUT2D eigenvalue weighted by molar-refractivity contribution is 7.11. The maximum atomic E-state index is 13.5. The van der Waals surface area contributed by atoms with Crippen molar-refractivity contribution in [2.45, 2.75) is 32.4 Å². The van der Waals surface area contributed by atoms with Crippen LogP contribution in [0.25, 0.3) is 0 Å². The summed E-state index contributed by atoms with van der Waals surface area (Å²) in [4.78, 5) is 5.05. The average molecular weight is 171 g/mol. The number of nitrogens with zero attached hydrogens (tertiary/aromatic N) is 1. The molecule has 1 aliphatic carbocycles. The van der Waals surface area contributed by atoms with Crippen LogP contribution >= 0.6 is 11.3 Å². The van der Waals surface area contributed by atoms with Gasteiger partial charge in [0.25, 0.3) is 0 Å². The number of aryl methyl sites for hydroxylation is 2. The molecule has 11 heavy (non-hydrogen) atoms. The smallest absolute Gasteiger partial charge is 0.147 e. The third-order valence-electron chi connectivity index (χ3n) is 2.00. The zero-order chi connectivity index (χ0) is 8.06. The molecule has 0 spiro atoms. The molecular formula is C8H10FNS. The number of hydrogen-bond donors (Lipinski definition) is 0. The van der Waals surface area contributed by atoms with Crippen molar-refractivity contribution in [1.82, 2.24) is 4.98 Å². The van der Waals surface area contributed by atoms with Gasteiger partial charge in [0.2, 0.25) is 0 Å². The van der Waals surface area contributed by atoms with E-state index in [9.17, 15) is 4.39 Å². The fourth-order valence-corrected chi connectivity index (χ4v) is 2.34. The molecule has 60 valence electrons. The lowest BCUT2D eigenvalue weighted by Crippen LogP contribution is -1.95. The third kappa shape index (κ3) is 1.07. The Morgan fingerprint density at radius 3 is 2.45 bits per heavy atom.